The second-order valence-electron chi connectivity index (χ2n) is 10.8. The number of aryl methyl sites for hydroxylation is 1. The van der Waals surface area contributed by atoms with Crippen molar-refractivity contribution in [2.75, 3.05) is 31.2 Å². The van der Waals surface area contributed by atoms with Crippen LogP contribution < -0.4 is 10.3 Å². The van der Waals surface area contributed by atoms with Gasteiger partial charge in [-0.3, -0.25) is 9.80 Å². The lowest BCUT2D eigenvalue weighted by Gasteiger charge is -2.34. The number of amides is 1. The maximum atomic E-state index is 12.8. The molecule has 2 aliphatic heterocycles. The Morgan fingerprint density at radius 2 is 1.92 bits per heavy atom. The van der Waals surface area contributed by atoms with Crippen LogP contribution in [-0.2, 0) is 6.42 Å². The molecule has 1 saturated carbocycles. The maximum absolute atomic E-state index is 12.8. The largest absolute Gasteiger partial charge is 0.349 e. The van der Waals surface area contributed by atoms with Crippen LogP contribution in [0.15, 0.2) is 35.4 Å². The Hall–Kier alpha value is -2.95. The molecule has 2 aliphatic carbocycles. The van der Waals surface area contributed by atoms with E-state index in [2.05, 4.69) is 21.3 Å². The third-order valence-electron chi connectivity index (χ3n) is 8.57. The summed E-state index contributed by atoms with van der Waals surface area (Å²) in [5.41, 5.74) is 5.01. The van der Waals surface area contributed by atoms with Crippen molar-refractivity contribution in [3.05, 3.63) is 57.9 Å². The Morgan fingerprint density at radius 1 is 1.11 bits per heavy atom. The molecular weight excluding hydrogens is 484 g/mol. The van der Waals surface area contributed by atoms with Crippen LogP contribution in [0.1, 0.15) is 72.3 Å². The number of pyridine rings is 1. The molecule has 2 atom stereocenters. The molecule has 1 amide bonds. The van der Waals surface area contributed by atoms with Gasteiger partial charge in [-0.1, -0.05) is 24.4 Å². The van der Waals surface area contributed by atoms with Gasteiger partial charge in [0.05, 0.1) is 33.7 Å². The van der Waals surface area contributed by atoms with E-state index in [1.54, 1.807) is 6.07 Å². The first-order valence-corrected chi connectivity index (χ1v) is 14.1. The van der Waals surface area contributed by atoms with E-state index in [1.807, 2.05) is 24.3 Å². The number of hydrazone groups is 1. The van der Waals surface area contributed by atoms with Gasteiger partial charge >= 0.3 is 0 Å². The number of carbonyl (C=O) groups excluding carboxylic acids is 1. The SMILES string of the molecule is N#Cc1ccc(N2N=C3c4ccc(C(=O)NCCN5CCCC5)nc4CCC3C2C2CCCC2)cc1Cl. The van der Waals surface area contributed by atoms with Crippen molar-refractivity contribution in [1.82, 2.24) is 15.2 Å². The molecule has 4 aliphatic rings. The first-order valence-electron chi connectivity index (χ1n) is 13.7. The molecule has 1 aromatic heterocycles. The fourth-order valence-corrected chi connectivity index (χ4v) is 6.93. The minimum absolute atomic E-state index is 0.102. The molecule has 1 aromatic carbocycles. The fourth-order valence-electron chi connectivity index (χ4n) is 6.71. The number of fused-ring (bicyclic) bond motifs is 3. The van der Waals surface area contributed by atoms with E-state index in [9.17, 15) is 10.1 Å². The number of nitrogens with zero attached hydrogens (tertiary/aromatic N) is 5. The summed E-state index contributed by atoms with van der Waals surface area (Å²) in [7, 11) is 0. The highest BCUT2D eigenvalue weighted by Crippen LogP contribution is 2.44. The molecule has 6 rings (SSSR count). The number of carbonyl (C=O) groups is 1. The van der Waals surface area contributed by atoms with Gasteiger partial charge in [-0.05, 0) is 87.9 Å². The Balaban J connectivity index is 1.25. The van der Waals surface area contributed by atoms with Crippen molar-refractivity contribution >= 4 is 28.9 Å². The van der Waals surface area contributed by atoms with Crippen LogP contribution in [0, 0.1) is 23.2 Å². The average Bonchev–Trinajstić information content (AvgIpc) is 3.69. The number of rotatable bonds is 6. The van der Waals surface area contributed by atoms with Gasteiger partial charge in [0.1, 0.15) is 11.8 Å². The van der Waals surface area contributed by atoms with E-state index >= 15 is 0 Å². The standard InChI is InChI=1S/C29H33ClN6O/c30-24-17-21(8-7-20(24)18-31)36-28(19-5-1-2-6-19)23-10-11-25-22(27(23)34-36)9-12-26(33-25)29(37)32-13-16-35-14-3-4-15-35/h7-9,12,17,19,23,28H,1-6,10-11,13-16H2,(H,32,37). The molecule has 2 unspecified atom stereocenters. The van der Waals surface area contributed by atoms with E-state index < -0.39 is 0 Å². The van der Waals surface area contributed by atoms with Gasteiger partial charge < -0.3 is 10.2 Å². The van der Waals surface area contributed by atoms with E-state index in [0.29, 0.717) is 34.7 Å². The van der Waals surface area contributed by atoms with Crippen molar-refractivity contribution in [1.29, 1.82) is 5.26 Å². The number of likely N-dealkylation sites (tertiary alicyclic amines) is 1. The number of hydrogen-bond donors (Lipinski definition) is 1. The summed E-state index contributed by atoms with van der Waals surface area (Å²) in [4.78, 5) is 20.0. The van der Waals surface area contributed by atoms with Gasteiger partial charge in [0.25, 0.3) is 5.91 Å². The first kappa shape index (κ1) is 24.4. The lowest BCUT2D eigenvalue weighted by Crippen LogP contribution is -2.41. The molecule has 0 radical (unpaired) electrons. The minimum atomic E-state index is -0.102. The van der Waals surface area contributed by atoms with Gasteiger partial charge in [-0.2, -0.15) is 10.4 Å². The summed E-state index contributed by atoms with van der Waals surface area (Å²) < 4.78 is 0. The molecule has 0 spiro atoms. The highest BCUT2D eigenvalue weighted by molar-refractivity contribution is 6.32. The second-order valence-corrected chi connectivity index (χ2v) is 11.2. The van der Waals surface area contributed by atoms with Crippen LogP contribution in [0.2, 0.25) is 5.02 Å². The molecule has 2 aromatic rings. The summed E-state index contributed by atoms with van der Waals surface area (Å²) in [6, 6.07) is 11.9. The lowest BCUT2D eigenvalue weighted by molar-refractivity contribution is 0.0944. The molecule has 3 heterocycles. The Morgan fingerprint density at radius 3 is 2.68 bits per heavy atom. The predicted molar refractivity (Wildman–Crippen MR) is 145 cm³/mol. The first-order chi connectivity index (χ1) is 18.1. The lowest BCUT2D eigenvalue weighted by atomic mass is 9.76. The molecule has 192 valence electrons. The Labute approximate surface area is 223 Å². The average molecular weight is 517 g/mol. The fraction of sp³-hybridized carbons (Fsp3) is 0.517. The Bertz CT molecular complexity index is 1260. The Kier molecular flexibility index (Phi) is 6.88. The van der Waals surface area contributed by atoms with Crippen molar-refractivity contribution in [3.8, 4) is 6.07 Å². The van der Waals surface area contributed by atoms with Crippen molar-refractivity contribution in [3.63, 3.8) is 0 Å². The monoisotopic (exact) mass is 516 g/mol. The van der Waals surface area contributed by atoms with E-state index in [-0.39, 0.29) is 11.9 Å². The number of nitriles is 1. The second kappa shape index (κ2) is 10.4. The summed E-state index contributed by atoms with van der Waals surface area (Å²) in [5.74, 6) is 0.804. The summed E-state index contributed by atoms with van der Waals surface area (Å²) >= 11 is 6.42. The summed E-state index contributed by atoms with van der Waals surface area (Å²) in [5, 5.41) is 20.2. The van der Waals surface area contributed by atoms with E-state index in [1.165, 1.54) is 38.5 Å². The third-order valence-corrected chi connectivity index (χ3v) is 8.88. The molecule has 1 saturated heterocycles. The topological polar surface area (TPSA) is 84.6 Å². The zero-order valence-corrected chi connectivity index (χ0v) is 21.9. The number of nitrogens with one attached hydrogen (secondary N) is 1. The van der Waals surface area contributed by atoms with Crippen LogP contribution in [-0.4, -0.2) is 53.7 Å². The van der Waals surface area contributed by atoms with Crippen LogP contribution in [0.25, 0.3) is 0 Å². The highest BCUT2D eigenvalue weighted by atomic mass is 35.5. The number of halogens is 1. The molecule has 0 bridgehead atoms. The number of anilines is 1. The zero-order valence-electron chi connectivity index (χ0n) is 21.1. The van der Waals surface area contributed by atoms with E-state index in [4.69, 9.17) is 21.7 Å². The van der Waals surface area contributed by atoms with Gasteiger partial charge in [0, 0.05) is 24.6 Å². The smallest absolute Gasteiger partial charge is 0.269 e. The molecule has 2 fully saturated rings. The molecule has 1 N–H and O–H groups in total. The zero-order chi connectivity index (χ0) is 25.4. The van der Waals surface area contributed by atoms with Gasteiger partial charge in [-0.15, -0.1) is 0 Å². The quantitative estimate of drug-likeness (QED) is 0.597. The molecule has 7 nitrogen and oxygen atoms in total. The van der Waals surface area contributed by atoms with Crippen LogP contribution in [0.5, 0.6) is 0 Å². The van der Waals surface area contributed by atoms with Crippen molar-refractivity contribution in [2.45, 2.75) is 57.4 Å². The molecule has 37 heavy (non-hydrogen) atoms. The van der Waals surface area contributed by atoms with Gasteiger partial charge in [0.2, 0.25) is 0 Å². The van der Waals surface area contributed by atoms with Crippen molar-refractivity contribution < 1.29 is 4.79 Å². The van der Waals surface area contributed by atoms with Crippen LogP contribution in [0.3, 0.4) is 0 Å². The molecule has 8 heteroatoms. The van der Waals surface area contributed by atoms with E-state index in [0.717, 1.165) is 55.1 Å². The van der Waals surface area contributed by atoms with Crippen LogP contribution in [0.4, 0.5) is 5.69 Å². The van der Waals surface area contributed by atoms with Gasteiger partial charge in [-0.25, -0.2) is 4.98 Å². The minimum Gasteiger partial charge on any atom is -0.349 e. The normalized spacial score (nSPS) is 23.5. The predicted octanol–water partition coefficient (Wildman–Crippen LogP) is 4.78. The number of aromatic nitrogens is 1. The molecular formula is C29H33ClN6O. The van der Waals surface area contributed by atoms with Crippen molar-refractivity contribution in [2.24, 2.45) is 16.9 Å². The number of benzene rings is 1. The summed E-state index contributed by atoms with van der Waals surface area (Å²) in [6.07, 6.45) is 9.28. The highest BCUT2D eigenvalue weighted by Gasteiger charge is 2.46. The summed E-state index contributed by atoms with van der Waals surface area (Å²) in [6.45, 7) is 3.80. The van der Waals surface area contributed by atoms with Crippen LogP contribution >= 0.6 is 11.6 Å². The maximum Gasteiger partial charge on any atom is 0.269 e. The van der Waals surface area contributed by atoms with Gasteiger partial charge in [0.15, 0.2) is 0 Å². The third kappa shape index (κ3) is 4.73. The number of hydrogen-bond acceptors (Lipinski definition) is 6.